The first kappa shape index (κ1) is 11.6. The van der Waals surface area contributed by atoms with Crippen LogP contribution in [0.25, 0.3) is 0 Å². The van der Waals surface area contributed by atoms with Gasteiger partial charge in [-0.3, -0.25) is 4.90 Å². The van der Waals surface area contributed by atoms with E-state index in [9.17, 15) is 0 Å². The van der Waals surface area contributed by atoms with Gasteiger partial charge in [0.15, 0.2) is 0 Å². The van der Waals surface area contributed by atoms with Gasteiger partial charge in [-0.15, -0.1) is 0 Å². The SMILES string of the molecule is C=C(Br)CN1C2CCC1CC(NCC)C2. The Morgan fingerprint density at radius 3 is 2.47 bits per heavy atom. The van der Waals surface area contributed by atoms with Crippen molar-refractivity contribution in [1.82, 2.24) is 10.2 Å². The lowest BCUT2D eigenvalue weighted by Gasteiger charge is -2.39. The first-order valence-corrected chi connectivity index (χ1v) is 6.82. The minimum atomic E-state index is 0.757. The number of nitrogens with one attached hydrogen (secondary N) is 1. The van der Waals surface area contributed by atoms with E-state index in [1.165, 1.54) is 25.7 Å². The lowest BCUT2D eigenvalue weighted by molar-refractivity contribution is 0.131. The normalized spacial score (nSPS) is 35.7. The summed E-state index contributed by atoms with van der Waals surface area (Å²) >= 11 is 3.49. The van der Waals surface area contributed by atoms with E-state index in [0.29, 0.717) is 0 Å². The maximum Gasteiger partial charge on any atom is 0.0299 e. The Morgan fingerprint density at radius 2 is 2.00 bits per heavy atom. The molecule has 0 aromatic heterocycles. The number of nitrogens with zero attached hydrogens (tertiary/aromatic N) is 1. The summed E-state index contributed by atoms with van der Waals surface area (Å²) in [5.74, 6) is 0. The Balaban J connectivity index is 1.94. The van der Waals surface area contributed by atoms with Crippen molar-refractivity contribution in [3.05, 3.63) is 11.1 Å². The van der Waals surface area contributed by atoms with Crippen molar-refractivity contribution in [2.45, 2.75) is 50.7 Å². The fourth-order valence-corrected chi connectivity index (χ4v) is 3.48. The van der Waals surface area contributed by atoms with E-state index >= 15 is 0 Å². The third-order valence-electron chi connectivity index (χ3n) is 3.73. The van der Waals surface area contributed by atoms with Crippen LogP contribution in [0.4, 0.5) is 0 Å². The quantitative estimate of drug-likeness (QED) is 0.846. The molecule has 3 heteroatoms. The van der Waals surface area contributed by atoms with Gasteiger partial charge in [0.1, 0.15) is 0 Å². The van der Waals surface area contributed by atoms with Gasteiger partial charge in [0.25, 0.3) is 0 Å². The van der Waals surface area contributed by atoms with Crippen LogP contribution in [0.1, 0.15) is 32.6 Å². The van der Waals surface area contributed by atoms with Crippen molar-refractivity contribution in [3.63, 3.8) is 0 Å². The first-order chi connectivity index (χ1) is 7.20. The summed E-state index contributed by atoms with van der Waals surface area (Å²) in [6.45, 7) is 8.31. The zero-order valence-corrected chi connectivity index (χ0v) is 11.1. The number of rotatable bonds is 4. The van der Waals surface area contributed by atoms with Gasteiger partial charge in [-0.1, -0.05) is 29.4 Å². The monoisotopic (exact) mass is 272 g/mol. The van der Waals surface area contributed by atoms with Gasteiger partial charge in [0.05, 0.1) is 0 Å². The topological polar surface area (TPSA) is 15.3 Å². The molecule has 2 fully saturated rings. The second-order valence-electron chi connectivity index (χ2n) is 4.80. The average Bonchev–Trinajstić information content (AvgIpc) is 2.43. The number of hydrogen-bond donors (Lipinski definition) is 1. The molecule has 2 bridgehead atoms. The highest BCUT2D eigenvalue weighted by molar-refractivity contribution is 9.11. The van der Waals surface area contributed by atoms with Crippen molar-refractivity contribution in [1.29, 1.82) is 0 Å². The van der Waals surface area contributed by atoms with Crippen molar-refractivity contribution < 1.29 is 0 Å². The fourth-order valence-electron chi connectivity index (χ4n) is 3.19. The second kappa shape index (κ2) is 4.98. The third-order valence-corrected chi connectivity index (χ3v) is 3.98. The smallest absolute Gasteiger partial charge is 0.0299 e. The third kappa shape index (κ3) is 2.63. The van der Waals surface area contributed by atoms with Crippen LogP contribution in [0.2, 0.25) is 0 Å². The summed E-state index contributed by atoms with van der Waals surface area (Å²) in [5.41, 5.74) is 0. The molecule has 1 N–H and O–H groups in total. The van der Waals surface area contributed by atoms with Crippen molar-refractivity contribution in [2.24, 2.45) is 0 Å². The largest absolute Gasteiger partial charge is 0.314 e. The van der Waals surface area contributed by atoms with Crippen molar-refractivity contribution >= 4 is 15.9 Å². The molecule has 2 aliphatic rings. The molecular formula is C12H21BrN2. The molecule has 2 nitrogen and oxygen atoms in total. The number of halogens is 1. The molecule has 2 rings (SSSR count). The Morgan fingerprint density at radius 1 is 1.40 bits per heavy atom. The molecule has 0 aromatic carbocycles. The lowest BCUT2D eigenvalue weighted by Crippen LogP contribution is -2.49. The van der Waals surface area contributed by atoms with E-state index in [2.05, 4.69) is 39.6 Å². The molecule has 2 heterocycles. The minimum absolute atomic E-state index is 0.757. The Kier molecular flexibility index (Phi) is 3.86. The maximum atomic E-state index is 3.96. The van der Waals surface area contributed by atoms with E-state index in [-0.39, 0.29) is 0 Å². The molecule has 2 atom stereocenters. The summed E-state index contributed by atoms with van der Waals surface area (Å²) in [6, 6.07) is 2.34. The second-order valence-corrected chi connectivity index (χ2v) is 5.92. The summed E-state index contributed by atoms with van der Waals surface area (Å²) in [5, 5.41) is 3.60. The van der Waals surface area contributed by atoms with Crippen LogP contribution in [-0.2, 0) is 0 Å². The van der Waals surface area contributed by atoms with Gasteiger partial charge in [-0.25, -0.2) is 0 Å². The lowest BCUT2D eigenvalue weighted by atomic mass is 9.97. The fraction of sp³-hybridized carbons (Fsp3) is 0.833. The van der Waals surface area contributed by atoms with Gasteiger partial charge >= 0.3 is 0 Å². The van der Waals surface area contributed by atoms with Crippen LogP contribution < -0.4 is 5.32 Å². The molecule has 0 radical (unpaired) electrons. The molecule has 0 saturated carbocycles. The van der Waals surface area contributed by atoms with Crippen LogP contribution >= 0.6 is 15.9 Å². The zero-order valence-electron chi connectivity index (χ0n) is 9.51. The Hall–Kier alpha value is 0.140. The molecule has 0 spiro atoms. The summed E-state index contributed by atoms with van der Waals surface area (Å²) in [6.07, 6.45) is 5.41. The first-order valence-electron chi connectivity index (χ1n) is 6.03. The maximum absolute atomic E-state index is 3.96. The van der Waals surface area contributed by atoms with Gasteiger partial charge in [0.2, 0.25) is 0 Å². The number of fused-ring (bicyclic) bond motifs is 2. The summed E-state index contributed by atoms with van der Waals surface area (Å²) in [4.78, 5) is 2.64. The van der Waals surface area contributed by atoms with Gasteiger partial charge in [-0.05, 0) is 32.2 Å². The van der Waals surface area contributed by atoms with Crippen LogP contribution in [0.15, 0.2) is 11.1 Å². The molecule has 86 valence electrons. The minimum Gasteiger partial charge on any atom is -0.314 e. The van der Waals surface area contributed by atoms with E-state index in [4.69, 9.17) is 0 Å². The molecule has 0 amide bonds. The molecule has 15 heavy (non-hydrogen) atoms. The molecule has 2 saturated heterocycles. The van der Waals surface area contributed by atoms with Crippen molar-refractivity contribution in [2.75, 3.05) is 13.1 Å². The summed E-state index contributed by atoms with van der Waals surface area (Å²) in [7, 11) is 0. The highest BCUT2D eigenvalue weighted by Gasteiger charge is 2.39. The van der Waals surface area contributed by atoms with Gasteiger partial charge in [-0.2, -0.15) is 0 Å². The van der Waals surface area contributed by atoms with Crippen LogP contribution in [-0.4, -0.2) is 36.1 Å². The van der Waals surface area contributed by atoms with E-state index in [0.717, 1.165) is 35.7 Å². The van der Waals surface area contributed by atoms with Gasteiger partial charge < -0.3 is 5.32 Å². The highest BCUT2D eigenvalue weighted by Crippen LogP contribution is 2.36. The van der Waals surface area contributed by atoms with Crippen LogP contribution in [0.3, 0.4) is 0 Å². The average molecular weight is 273 g/mol. The van der Waals surface area contributed by atoms with Crippen LogP contribution in [0.5, 0.6) is 0 Å². The zero-order chi connectivity index (χ0) is 10.8. The summed E-state index contributed by atoms with van der Waals surface area (Å²) < 4.78 is 1.13. The Bertz CT molecular complexity index is 228. The van der Waals surface area contributed by atoms with E-state index in [1.54, 1.807) is 0 Å². The van der Waals surface area contributed by atoms with E-state index in [1.807, 2.05) is 0 Å². The van der Waals surface area contributed by atoms with Gasteiger partial charge in [0, 0.05) is 29.2 Å². The molecule has 0 aromatic rings. The molecule has 2 aliphatic heterocycles. The number of piperidine rings is 1. The van der Waals surface area contributed by atoms with E-state index < -0.39 is 0 Å². The predicted octanol–water partition coefficient (Wildman–Crippen LogP) is 2.50. The van der Waals surface area contributed by atoms with Crippen LogP contribution in [0, 0.1) is 0 Å². The highest BCUT2D eigenvalue weighted by atomic mass is 79.9. The van der Waals surface area contributed by atoms with Crippen molar-refractivity contribution in [3.8, 4) is 0 Å². The standard InChI is InChI=1S/C12H21BrN2/c1-3-14-10-6-11-4-5-12(7-10)15(11)8-9(2)13/h10-12,14H,2-8H2,1H3. The number of hydrogen-bond acceptors (Lipinski definition) is 2. The molecule has 2 unspecified atom stereocenters. The predicted molar refractivity (Wildman–Crippen MR) is 68.3 cm³/mol. The molecule has 0 aliphatic carbocycles. The molecular weight excluding hydrogens is 252 g/mol. The Labute approximate surface area is 101 Å².